The van der Waals surface area contributed by atoms with Gasteiger partial charge in [0.1, 0.15) is 0 Å². The Morgan fingerprint density at radius 1 is 1.00 bits per heavy atom. The highest BCUT2D eigenvalue weighted by Crippen LogP contribution is 2.18. The number of hydrogen-bond acceptors (Lipinski definition) is 2. The lowest BCUT2D eigenvalue weighted by Crippen LogP contribution is -2.44. The predicted molar refractivity (Wildman–Crippen MR) is 55.9 cm³/mol. The number of nitrogens with one attached hydrogen (secondary N) is 2. The Morgan fingerprint density at radius 2 is 1.92 bits per heavy atom. The Hall–Kier alpha value is -0.0800. The fourth-order valence-corrected chi connectivity index (χ4v) is 2.20. The average molecular weight is 182 g/mol. The van der Waals surface area contributed by atoms with Crippen molar-refractivity contribution in [2.75, 3.05) is 13.1 Å². The summed E-state index contributed by atoms with van der Waals surface area (Å²) >= 11 is 0. The SMILES string of the molecule is C1CCNC(CNC2CCC2)CC1. The van der Waals surface area contributed by atoms with Gasteiger partial charge in [-0.1, -0.05) is 19.3 Å². The van der Waals surface area contributed by atoms with Crippen molar-refractivity contribution in [3.05, 3.63) is 0 Å². The van der Waals surface area contributed by atoms with Crippen molar-refractivity contribution in [3.63, 3.8) is 0 Å². The van der Waals surface area contributed by atoms with Crippen molar-refractivity contribution < 1.29 is 0 Å². The minimum absolute atomic E-state index is 0.753. The maximum absolute atomic E-state index is 3.65. The van der Waals surface area contributed by atoms with Crippen LogP contribution in [0, 0.1) is 0 Å². The maximum Gasteiger partial charge on any atom is 0.0192 e. The van der Waals surface area contributed by atoms with Gasteiger partial charge in [-0.3, -0.25) is 0 Å². The molecular weight excluding hydrogens is 160 g/mol. The Balaban J connectivity index is 1.61. The number of hydrogen-bond donors (Lipinski definition) is 2. The topological polar surface area (TPSA) is 24.1 Å². The molecule has 76 valence electrons. The van der Waals surface area contributed by atoms with Gasteiger partial charge in [0.05, 0.1) is 0 Å². The Bertz CT molecular complexity index is 135. The first-order valence-corrected chi connectivity index (χ1v) is 5.92. The van der Waals surface area contributed by atoms with Crippen LogP contribution in [0.2, 0.25) is 0 Å². The Morgan fingerprint density at radius 3 is 2.69 bits per heavy atom. The monoisotopic (exact) mass is 182 g/mol. The smallest absolute Gasteiger partial charge is 0.0192 e. The molecule has 0 amide bonds. The summed E-state index contributed by atoms with van der Waals surface area (Å²) in [7, 11) is 0. The molecule has 2 rings (SSSR count). The zero-order chi connectivity index (χ0) is 8.93. The third kappa shape index (κ3) is 2.96. The fourth-order valence-electron chi connectivity index (χ4n) is 2.20. The van der Waals surface area contributed by atoms with Crippen LogP contribution in [0.15, 0.2) is 0 Å². The fraction of sp³-hybridized carbons (Fsp3) is 1.00. The van der Waals surface area contributed by atoms with Crippen molar-refractivity contribution in [1.82, 2.24) is 10.6 Å². The van der Waals surface area contributed by atoms with Crippen molar-refractivity contribution in [1.29, 1.82) is 0 Å². The average Bonchev–Trinajstić information content (AvgIpc) is 2.30. The van der Waals surface area contributed by atoms with Crippen LogP contribution in [0.4, 0.5) is 0 Å². The second-order valence-corrected chi connectivity index (χ2v) is 4.54. The van der Waals surface area contributed by atoms with Crippen LogP contribution < -0.4 is 10.6 Å². The van der Waals surface area contributed by atoms with E-state index in [9.17, 15) is 0 Å². The Labute approximate surface area is 81.5 Å². The van der Waals surface area contributed by atoms with Crippen LogP contribution in [0.3, 0.4) is 0 Å². The van der Waals surface area contributed by atoms with Gasteiger partial charge in [-0.2, -0.15) is 0 Å². The molecule has 1 aliphatic heterocycles. The van der Waals surface area contributed by atoms with E-state index in [2.05, 4.69) is 10.6 Å². The first-order chi connectivity index (χ1) is 6.45. The van der Waals surface area contributed by atoms with Crippen molar-refractivity contribution in [2.45, 2.75) is 57.0 Å². The molecule has 13 heavy (non-hydrogen) atoms. The van der Waals surface area contributed by atoms with Crippen LogP contribution >= 0.6 is 0 Å². The second-order valence-electron chi connectivity index (χ2n) is 4.54. The molecule has 1 saturated carbocycles. The van der Waals surface area contributed by atoms with Crippen LogP contribution in [0.25, 0.3) is 0 Å². The molecular formula is C11H22N2. The van der Waals surface area contributed by atoms with E-state index in [0.717, 1.165) is 12.1 Å². The van der Waals surface area contributed by atoms with Gasteiger partial charge in [0.15, 0.2) is 0 Å². The summed E-state index contributed by atoms with van der Waals surface area (Å²) in [5.41, 5.74) is 0. The van der Waals surface area contributed by atoms with Gasteiger partial charge < -0.3 is 10.6 Å². The van der Waals surface area contributed by atoms with Gasteiger partial charge >= 0.3 is 0 Å². The highest BCUT2D eigenvalue weighted by molar-refractivity contribution is 4.80. The van der Waals surface area contributed by atoms with E-state index in [1.165, 1.54) is 58.0 Å². The molecule has 1 unspecified atom stereocenters. The van der Waals surface area contributed by atoms with Crippen molar-refractivity contribution in [3.8, 4) is 0 Å². The van der Waals surface area contributed by atoms with Gasteiger partial charge in [-0.15, -0.1) is 0 Å². The molecule has 2 nitrogen and oxygen atoms in total. The summed E-state index contributed by atoms with van der Waals surface area (Å²) in [6.07, 6.45) is 9.85. The van der Waals surface area contributed by atoms with Crippen LogP contribution in [0.5, 0.6) is 0 Å². The van der Waals surface area contributed by atoms with E-state index in [1.54, 1.807) is 0 Å². The lowest BCUT2D eigenvalue weighted by atomic mass is 9.93. The highest BCUT2D eigenvalue weighted by Gasteiger charge is 2.18. The first kappa shape index (κ1) is 9.47. The normalized spacial score (nSPS) is 30.9. The second kappa shape index (κ2) is 4.97. The van der Waals surface area contributed by atoms with E-state index in [0.29, 0.717) is 0 Å². The molecule has 1 atom stereocenters. The van der Waals surface area contributed by atoms with E-state index in [1.807, 2.05) is 0 Å². The first-order valence-electron chi connectivity index (χ1n) is 5.92. The molecule has 1 heterocycles. The molecule has 2 fully saturated rings. The molecule has 0 aromatic heterocycles. The van der Waals surface area contributed by atoms with Gasteiger partial charge in [-0.25, -0.2) is 0 Å². The lowest BCUT2D eigenvalue weighted by molar-refractivity contribution is 0.319. The summed E-state index contributed by atoms with van der Waals surface area (Å²) in [5, 5.41) is 7.28. The molecule has 0 spiro atoms. The van der Waals surface area contributed by atoms with E-state index >= 15 is 0 Å². The standard InChI is InChI=1S/C11H22N2/c1-2-5-11(12-8-3-1)9-13-10-6-4-7-10/h10-13H,1-9H2. The van der Waals surface area contributed by atoms with Gasteiger partial charge in [0.2, 0.25) is 0 Å². The lowest BCUT2D eigenvalue weighted by Gasteiger charge is -2.28. The predicted octanol–water partition coefficient (Wildman–Crippen LogP) is 1.66. The van der Waals surface area contributed by atoms with E-state index in [-0.39, 0.29) is 0 Å². The van der Waals surface area contributed by atoms with Crippen molar-refractivity contribution in [2.24, 2.45) is 0 Å². The number of rotatable bonds is 3. The highest BCUT2D eigenvalue weighted by atomic mass is 15.0. The molecule has 0 radical (unpaired) electrons. The minimum atomic E-state index is 0.753. The van der Waals surface area contributed by atoms with Gasteiger partial charge in [0, 0.05) is 18.6 Å². The summed E-state index contributed by atoms with van der Waals surface area (Å²) in [6.45, 7) is 2.43. The van der Waals surface area contributed by atoms with Crippen molar-refractivity contribution >= 4 is 0 Å². The largest absolute Gasteiger partial charge is 0.313 e. The molecule has 1 saturated heterocycles. The van der Waals surface area contributed by atoms with Crippen LogP contribution in [0.1, 0.15) is 44.9 Å². The maximum atomic E-state index is 3.65. The van der Waals surface area contributed by atoms with E-state index in [4.69, 9.17) is 0 Å². The van der Waals surface area contributed by atoms with Gasteiger partial charge in [-0.05, 0) is 32.2 Å². The quantitative estimate of drug-likeness (QED) is 0.693. The molecule has 2 N–H and O–H groups in total. The summed E-state index contributed by atoms with van der Waals surface area (Å²) in [5.74, 6) is 0. The molecule has 2 aliphatic rings. The molecule has 2 heteroatoms. The zero-order valence-corrected chi connectivity index (χ0v) is 8.52. The molecule has 0 aromatic rings. The molecule has 0 aromatic carbocycles. The third-order valence-corrected chi connectivity index (χ3v) is 3.42. The van der Waals surface area contributed by atoms with Gasteiger partial charge in [0.25, 0.3) is 0 Å². The van der Waals surface area contributed by atoms with Crippen LogP contribution in [-0.4, -0.2) is 25.2 Å². The summed E-state index contributed by atoms with van der Waals surface area (Å²) in [6, 6.07) is 1.60. The third-order valence-electron chi connectivity index (χ3n) is 3.42. The zero-order valence-electron chi connectivity index (χ0n) is 8.52. The summed E-state index contributed by atoms with van der Waals surface area (Å²) in [4.78, 5) is 0. The molecule has 1 aliphatic carbocycles. The minimum Gasteiger partial charge on any atom is -0.313 e. The van der Waals surface area contributed by atoms with Crippen LogP contribution in [-0.2, 0) is 0 Å². The Kier molecular flexibility index (Phi) is 3.62. The van der Waals surface area contributed by atoms with E-state index < -0.39 is 0 Å². The molecule has 0 bridgehead atoms. The summed E-state index contributed by atoms with van der Waals surface area (Å²) < 4.78 is 0.